The van der Waals surface area contributed by atoms with E-state index in [1.165, 1.54) is 17.1 Å². The quantitative estimate of drug-likeness (QED) is 0.645. The maximum atomic E-state index is 11.4. The van der Waals surface area contributed by atoms with E-state index in [-0.39, 0.29) is 25.0 Å². The van der Waals surface area contributed by atoms with Gasteiger partial charge in [-0.25, -0.2) is 0 Å². The van der Waals surface area contributed by atoms with Crippen LogP contribution in [0.25, 0.3) is 0 Å². The fraction of sp³-hybridized carbons (Fsp3) is 0.500. The molecule has 0 unspecified atom stereocenters. The second-order valence-electron chi connectivity index (χ2n) is 3.90. The van der Waals surface area contributed by atoms with Gasteiger partial charge in [0.1, 0.15) is 6.54 Å². The summed E-state index contributed by atoms with van der Waals surface area (Å²) in [4.78, 5) is 21.8. The minimum atomic E-state index is -0.979. The molecule has 1 amide bonds. The van der Waals surface area contributed by atoms with E-state index in [0.29, 0.717) is 5.69 Å². The molecule has 0 saturated heterocycles. The van der Waals surface area contributed by atoms with Crippen LogP contribution in [0.5, 0.6) is 0 Å². The molecule has 0 aliphatic carbocycles. The first kappa shape index (κ1) is 13.2. The van der Waals surface area contributed by atoms with Crippen molar-refractivity contribution in [3.63, 3.8) is 0 Å². The summed E-state index contributed by atoms with van der Waals surface area (Å²) in [6.07, 6.45) is 2.89. The molecular formula is C10H16N4O3. The number of nitrogens with zero attached hydrogens (tertiary/aromatic N) is 2. The van der Waals surface area contributed by atoms with Crippen molar-refractivity contribution in [1.82, 2.24) is 15.1 Å². The van der Waals surface area contributed by atoms with Gasteiger partial charge in [0, 0.05) is 12.2 Å². The first-order valence-corrected chi connectivity index (χ1v) is 5.25. The first-order chi connectivity index (χ1) is 7.97. The highest BCUT2D eigenvalue weighted by molar-refractivity contribution is 5.92. The zero-order valence-corrected chi connectivity index (χ0v) is 9.80. The molecule has 0 aliphatic rings. The van der Waals surface area contributed by atoms with Crippen LogP contribution in [0.2, 0.25) is 0 Å². The Balaban J connectivity index is 2.43. The van der Waals surface area contributed by atoms with E-state index in [2.05, 4.69) is 15.7 Å². The van der Waals surface area contributed by atoms with Crippen molar-refractivity contribution in [3.8, 4) is 0 Å². The number of amides is 1. The molecule has 0 saturated carbocycles. The van der Waals surface area contributed by atoms with Crippen LogP contribution in [-0.2, 0) is 16.1 Å². The molecule has 0 atom stereocenters. The average Bonchev–Trinajstić information content (AvgIpc) is 2.61. The SMILES string of the molecule is CC(C)NCC(=O)Nc1cnn(CC(=O)O)c1. The summed E-state index contributed by atoms with van der Waals surface area (Å²) in [5, 5.41) is 17.9. The van der Waals surface area contributed by atoms with Crippen LogP contribution >= 0.6 is 0 Å². The molecule has 0 bridgehead atoms. The summed E-state index contributed by atoms with van der Waals surface area (Å²) in [5.74, 6) is -1.17. The number of hydrogen-bond acceptors (Lipinski definition) is 4. The van der Waals surface area contributed by atoms with Gasteiger partial charge in [-0.05, 0) is 0 Å². The van der Waals surface area contributed by atoms with Crippen molar-refractivity contribution < 1.29 is 14.7 Å². The molecule has 1 heterocycles. The Morgan fingerprint density at radius 1 is 1.53 bits per heavy atom. The third-order valence-corrected chi connectivity index (χ3v) is 1.89. The van der Waals surface area contributed by atoms with E-state index < -0.39 is 5.97 Å². The van der Waals surface area contributed by atoms with Crippen LogP contribution in [0.15, 0.2) is 12.4 Å². The van der Waals surface area contributed by atoms with Gasteiger partial charge >= 0.3 is 5.97 Å². The summed E-state index contributed by atoms with van der Waals surface area (Å²) in [6.45, 7) is 3.87. The number of carboxylic acid groups (broad SMARTS) is 1. The highest BCUT2D eigenvalue weighted by atomic mass is 16.4. The van der Waals surface area contributed by atoms with E-state index in [4.69, 9.17) is 5.11 Å². The van der Waals surface area contributed by atoms with Crippen molar-refractivity contribution in [2.75, 3.05) is 11.9 Å². The standard InChI is InChI=1S/C10H16N4O3/c1-7(2)11-4-9(15)13-8-3-12-14(5-8)6-10(16)17/h3,5,7,11H,4,6H2,1-2H3,(H,13,15)(H,16,17). The lowest BCUT2D eigenvalue weighted by atomic mass is 10.4. The number of carboxylic acids is 1. The number of rotatable bonds is 6. The second kappa shape index (κ2) is 6.00. The molecule has 94 valence electrons. The van der Waals surface area contributed by atoms with Crippen LogP contribution in [0.3, 0.4) is 0 Å². The summed E-state index contributed by atoms with van der Waals surface area (Å²) in [6, 6.07) is 0.232. The third kappa shape index (κ3) is 5.12. The number of anilines is 1. The maximum Gasteiger partial charge on any atom is 0.325 e. The van der Waals surface area contributed by atoms with Gasteiger partial charge in [0.25, 0.3) is 0 Å². The van der Waals surface area contributed by atoms with Gasteiger partial charge in [0.15, 0.2) is 0 Å². The van der Waals surface area contributed by atoms with Crippen LogP contribution < -0.4 is 10.6 Å². The molecule has 0 aromatic carbocycles. The van der Waals surface area contributed by atoms with E-state index in [9.17, 15) is 9.59 Å². The van der Waals surface area contributed by atoms with E-state index in [0.717, 1.165) is 0 Å². The van der Waals surface area contributed by atoms with Crippen molar-refractivity contribution in [3.05, 3.63) is 12.4 Å². The van der Waals surface area contributed by atoms with Gasteiger partial charge in [-0.3, -0.25) is 14.3 Å². The zero-order valence-electron chi connectivity index (χ0n) is 9.80. The number of aliphatic carboxylic acids is 1. The molecule has 3 N–H and O–H groups in total. The Hall–Kier alpha value is -1.89. The fourth-order valence-electron chi connectivity index (χ4n) is 1.16. The molecule has 7 nitrogen and oxygen atoms in total. The smallest absolute Gasteiger partial charge is 0.325 e. The molecule has 0 aliphatic heterocycles. The topological polar surface area (TPSA) is 96.3 Å². The van der Waals surface area contributed by atoms with Crippen LogP contribution in [0, 0.1) is 0 Å². The fourth-order valence-corrected chi connectivity index (χ4v) is 1.16. The van der Waals surface area contributed by atoms with Gasteiger partial charge in [-0.2, -0.15) is 5.10 Å². The number of aromatic nitrogens is 2. The van der Waals surface area contributed by atoms with Crippen molar-refractivity contribution in [2.24, 2.45) is 0 Å². The minimum absolute atomic E-state index is 0.187. The van der Waals surface area contributed by atoms with E-state index in [1.54, 1.807) is 0 Å². The first-order valence-electron chi connectivity index (χ1n) is 5.25. The largest absolute Gasteiger partial charge is 0.480 e. The third-order valence-electron chi connectivity index (χ3n) is 1.89. The second-order valence-corrected chi connectivity index (χ2v) is 3.90. The van der Waals surface area contributed by atoms with Gasteiger partial charge in [-0.1, -0.05) is 13.8 Å². The lowest BCUT2D eigenvalue weighted by Gasteiger charge is -2.07. The van der Waals surface area contributed by atoms with E-state index in [1.807, 2.05) is 13.8 Å². The molecular weight excluding hydrogens is 224 g/mol. The lowest BCUT2D eigenvalue weighted by molar-refractivity contribution is -0.137. The van der Waals surface area contributed by atoms with Crippen LogP contribution in [-0.4, -0.2) is 39.4 Å². The molecule has 1 rings (SSSR count). The monoisotopic (exact) mass is 240 g/mol. The zero-order chi connectivity index (χ0) is 12.8. The van der Waals surface area contributed by atoms with Crippen LogP contribution in [0.1, 0.15) is 13.8 Å². The van der Waals surface area contributed by atoms with Gasteiger partial charge in [-0.15, -0.1) is 0 Å². The summed E-state index contributed by atoms with van der Waals surface area (Å²) < 4.78 is 1.24. The van der Waals surface area contributed by atoms with Crippen LogP contribution in [0.4, 0.5) is 5.69 Å². The summed E-state index contributed by atoms with van der Waals surface area (Å²) >= 11 is 0. The normalized spacial score (nSPS) is 10.5. The minimum Gasteiger partial charge on any atom is -0.480 e. The molecule has 0 fully saturated rings. The Morgan fingerprint density at radius 2 is 2.24 bits per heavy atom. The summed E-state index contributed by atoms with van der Waals surface area (Å²) in [7, 11) is 0. The molecule has 1 aromatic heterocycles. The molecule has 1 aromatic rings. The maximum absolute atomic E-state index is 11.4. The Morgan fingerprint density at radius 3 is 2.82 bits per heavy atom. The van der Waals surface area contributed by atoms with Gasteiger partial charge in [0.05, 0.1) is 18.4 Å². The number of carbonyl (C=O) groups excluding carboxylic acids is 1. The Labute approximate surface area is 98.8 Å². The van der Waals surface area contributed by atoms with Crippen molar-refractivity contribution in [1.29, 1.82) is 0 Å². The molecule has 7 heteroatoms. The summed E-state index contributed by atoms with van der Waals surface area (Å²) in [5.41, 5.74) is 0.488. The number of carbonyl (C=O) groups is 2. The Kier molecular flexibility index (Phi) is 4.65. The lowest BCUT2D eigenvalue weighted by Crippen LogP contribution is -2.32. The molecule has 17 heavy (non-hydrogen) atoms. The predicted octanol–water partition coefficient (Wildman–Crippen LogP) is -0.0958. The van der Waals surface area contributed by atoms with Crippen molar-refractivity contribution in [2.45, 2.75) is 26.4 Å². The van der Waals surface area contributed by atoms with Crippen molar-refractivity contribution >= 4 is 17.6 Å². The van der Waals surface area contributed by atoms with Gasteiger partial charge in [0.2, 0.25) is 5.91 Å². The molecule has 0 spiro atoms. The highest BCUT2D eigenvalue weighted by Crippen LogP contribution is 2.04. The van der Waals surface area contributed by atoms with Gasteiger partial charge < -0.3 is 15.7 Å². The highest BCUT2D eigenvalue weighted by Gasteiger charge is 2.06. The number of hydrogen-bond donors (Lipinski definition) is 3. The van der Waals surface area contributed by atoms with E-state index >= 15 is 0 Å². The molecule has 0 radical (unpaired) electrons. The predicted molar refractivity (Wildman–Crippen MR) is 61.6 cm³/mol. The Bertz CT molecular complexity index is 400. The average molecular weight is 240 g/mol. The number of nitrogens with one attached hydrogen (secondary N) is 2.